The number of aliphatic hydroxyl groups excluding tert-OH is 5. The number of phosphoric acid groups is 1. The second-order valence-corrected chi connectivity index (χ2v) is 4.58. The van der Waals surface area contributed by atoms with Crippen LogP contribution in [-0.4, -0.2) is 62.2 Å². The average molecular weight is 258 g/mol. The minimum atomic E-state index is -5.51. The molecule has 0 aromatic carbocycles. The minimum Gasteiger partial charge on any atom is -0.790 e. The summed E-state index contributed by atoms with van der Waals surface area (Å²) in [6.45, 7) is 0. The molecule has 10 heteroatoms. The van der Waals surface area contributed by atoms with Crippen LogP contribution in [0, 0.1) is 0 Å². The van der Waals surface area contributed by atoms with Crippen LogP contribution in [-0.2, 0) is 9.09 Å². The van der Waals surface area contributed by atoms with Crippen LogP contribution in [0.5, 0.6) is 0 Å². The maximum absolute atomic E-state index is 10.3. The van der Waals surface area contributed by atoms with Crippen LogP contribution in [0.1, 0.15) is 0 Å². The molecule has 1 aliphatic rings. The first-order valence-electron chi connectivity index (χ1n) is 4.26. The summed E-state index contributed by atoms with van der Waals surface area (Å²) in [6, 6.07) is 0. The van der Waals surface area contributed by atoms with Crippen molar-refractivity contribution in [2.75, 3.05) is 0 Å². The molecule has 0 radical (unpaired) electrons. The van der Waals surface area contributed by atoms with Gasteiger partial charge in [0, 0.05) is 0 Å². The summed E-state index contributed by atoms with van der Waals surface area (Å²) in [7, 11) is -5.51. The van der Waals surface area contributed by atoms with Crippen LogP contribution in [0.15, 0.2) is 0 Å². The third-order valence-corrected chi connectivity index (χ3v) is 2.83. The Balaban J connectivity index is 2.87. The second-order valence-electron chi connectivity index (χ2n) is 3.47. The highest BCUT2D eigenvalue weighted by molar-refractivity contribution is 7.43. The van der Waals surface area contributed by atoms with Crippen LogP contribution in [0.4, 0.5) is 0 Å². The van der Waals surface area contributed by atoms with E-state index >= 15 is 0 Å². The summed E-state index contributed by atoms with van der Waals surface area (Å²) in [6.07, 6.45) is -11.8. The van der Waals surface area contributed by atoms with E-state index in [-0.39, 0.29) is 0 Å². The monoisotopic (exact) mass is 258 g/mol. The van der Waals surface area contributed by atoms with Crippen LogP contribution in [0.25, 0.3) is 0 Å². The van der Waals surface area contributed by atoms with E-state index in [1.54, 1.807) is 0 Å². The largest absolute Gasteiger partial charge is 0.790 e. The molecule has 6 atom stereocenters. The first-order valence-corrected chi connectivity index (χ1v) is 5.72. The Morgan fingerprint density at radius 1 is 0.812 bits per heavy atom. The smallest absolute Gasteiger partial charge is 0.120 e. The van der Waals surface area contributed by atoms with Gasteiger partial charge in [-0.05, 0) is 0 Å². The molecule has 0 aromatic heterocycles. The molecular formula is C6H11O9P-2. The Morgan fingerprint density at radius 3 is 1.44 bits per heavy atom. The molecule has 0 aromatic rings. The van der Waals surface area contributed by atoms with Gasteiger partial charge in [-0.2, -0.15) is 0 Å². The zero-order valence-electron chi connectivity index (χ0n) is 7.78. The molecule has 0 amide bonds. The molecule has 16 heavy (non-hydrogen) atoms. The van der Waals surface area contributed by atoms with Gasteiger partial charge in [0.2, 0.25) is 0 Å². The molecule has 5 N–H and O–H groups in total. The average Bonchev–Trinajstić information content (AvgIpc) is 2.17. The van der Waals surface area contributed by atoms with Crippen LogP contribution in [0.2, 0.25) is 0 Å². The van der Waals surface area contributed by atoms with Crippen molar-refractivity contribution in [3.05, 3.63) is 0 Å². The van der Waals surface area contributed by atoms with E-state index in [1.165, 1.54) is 0 Å². The quantitative estimate of drug-likeness (QED) is 0.304. The highest BCUT2D eigenvalue weighted by Gasteiger charge is 2.49. The molecule has 0 aliphatic heterocycles. The van der Waals surface area contributed by atoms with Crippen molar-refractivity contribution < 1.29 is 44.4 Å². The number of phosphoric ester groups is 1. The van der Waals surface area contributed by atoms with E-state index in [2.05, 4.69) is 4.52 Å². The number of aliphatic hydroxyl groups is 5. The molecule has 96 valence electrons. The lowest BCUT2D eigenvalue weighted by atomic mass is 9.85. The summed E-state index contributed by atoms with van der Waals surface area (Å²) in [4.78, 5) is 20.6. The Morgan fingerprint density at radius 2 is 1.12 bits per heavy atom. The van der Waals surface area contributed by atoms with E-state index in [1.807, 2.05) is 0 Å². The highest BCUT2D eigenvalue weighted by Crippen LogP contribution is 2.34. The zero-order valence-corrected chi connectivity index (χ0v) is 8.67. The zero-order chi connectivity index (χ0) is 12.7. The fourth-order valence-electron chi connectivity index (χ4n) is 1.47. The lowest BCUT2D eigenvalue weighted by Crippen LogP contribution is -2.64. The van der Waals surface area contributed by atoms with Crippen LogP contribution in [0.3, 0.4) is 0 Å². The van der Waals surface area contributed by atoms with Gasteiger partial charge < -0.3 is 44.4 Å². The van der Waals surface area contributed by atoms with E-state index < -0.39 is 44.4 Å². The van der Waals surface area contributed by atoms with Gasteiger partial charge in [0.15, 0.2) is 0 Å². The maximum Gasteiger partial charge on any atom is 0.120 e. The Hall–Kier alpha value is -0.0900. The number of hydrogen-bond donors (Lipinski definition) is 5. The van der Waals surface area contributed by atoms with Crippen molar-refractivity contribution in [3.63, 3.8) is 0 Å². The second kappa shape index (κ2) is 4.65. The van der Waals surface area contributed by atoms with Crippen LogP contribution < -0.4 is 9.79 Å². The first kappa shape index (κ1) is 14.0. The maximum atomic E-state index is 10.3. The van der Waals surface area contributed by atoms with Crippen molar-refractivity contribution in [3.8, 4) is 0 Å². The third-order valence-electron chi connectivity index (χ3n) is 2.32. The van der Waals surface area contributed by atoms with Gasteiger partial charge in [0.25, 0.3) is 0 Å². The SMILES string of the molecule is O=P([O-])([O-])OC1[C@@H](O)[C@H](O)C(O)[C@@H](O)[C@H]1O. The summed E-state index contributed by atoms with van der Waals surface area (Å²) >= 11 is 0. The summed E-state index contributed by atoms with van der Waals surface area (Å²) in [5.74, 6) is 0. The van der Waals surface area contributed by atoms with Gasteiger partial charge in [-0.25, -0.2) is 0 Å². The normalized spacial score (nSPS) is 45.7. The van der Waals surface area contributed by atoms with Gasteiger partial charge in [0.1, 0.15) is 36.6 Å². The molecular weight excluding hydrogens is 247 g/mol. The molecule has 0 heterocycles. The fraction of sp³-hybridized carbons (Fsp3) is 1.00. The van der Waals surface area contributed by atoms with Gasteiger partial charge in [-0.3, -0.25) is 0 Å². The molecule has 1 aliphatic carbocycles. The summed E-state index contributed by atoms with van der Waals surface area (Å²) in [5.41, 5.74) is 0. The molecule has 0 spiro atoms. The van der Waals surface area contributed by atoms with Gasteiger partial charge in [0.05, 0.1) is 7.82 Å². The molecule has 9 nitrogen and oxygen atoms in total. The predicted octanol–water partition coefficient (Wildman–Crippen LogP) is -4.98. The Kier molecular flexibility index (Phi) is 4.06. The molecule has 0 bridgehead atoms. The van der Waals surface area contributed by atoms with Crippen molar-refractivity contribution in [2.24, 2.45) is 0 Å². The van der Waals surface area contributed by atoms with Crippen molar-refractivity contribution in [1.82, 2.24) is 0 Å². The Labute approximate surface area is 89.8 Å². The van der Waals surface area contributed by atoms with E-state index in [9.17, 15) is 24.6 Å². The van der Waals surface area contributed by atoms with Crippen molar-refractivity contribution in [2.45, 2.75) is 36.6 Å². The highest BCUT2D eigenvalue weighted by atomic mass is 31.2. The summed E-state index contributed by atoms with van der Waals surface area (Å²) < 4.78 is 14.1. The Bertz CT molecular complexity index is 274. The molecule has 0 saturated heterocycles. The van der Waals surface area contributed by atoms with Gasteiger partial charge in [-0.15, -0.1) is 0 Å². The number of hydrogen-bond acceptors (Lipinski definition) is 9. The van der Waals surface area contributed by atoms with Crippen LogP contribution >= 0.6 is 7.82 Å². The van der Waals surface area contributed by atoms with Crippen molar-refractivity contribution in [1.29, 1.82) is 0 Å². The topological polar surface area (TPSA) is 174 Å². The first-order chi connectivity index (χ1) is 7.15. The molecule has 2 unspecified atom stereocenters. The minimum absolute atomic E-state index is 1.87. The summed E-state index contributed by atoms with van der Waals surface area (Å²) in [5, 5.41) is 45.9. The predicted molar refractivity (Wildman–Crippen MR) is 42.5 cm³/mol. The van der Waals surface area contributed by atoms with E-state index in [0.717, 1.165) is 0 Å². The molecule has 1 rings (SSSR count). The third kappa shape index (κ3) is 2.77. The lowest BCUT2D eigenvalue weighted by molar-refractivity contribution is -0.353. The van der Waals surface area contributed by atoms with Gasteiger partial charge >= 0.3 is 0 Å². The van der Waals surface area contributed by atoms with Gasteiger partial charge in [-0.1, -0.05) is 0 Å². The van der Waals surface area contributed by atoms with E-state index in [4.69, 9.17) is 15.3 Å². The lowest BCUT2D eigenvalue weighted by Gasteiger charge is -2.45. The standard InChI is InChI=1S/C6H13O9P/c7-1-2(8)4(10)6(5(11)3(1)9)15-16(12,13)14/h1-11H,(H2,12,13,14)/p-2/t1?,2-,3-,4-,5+,6?/m1/s1. The van der Waals surface area contributed by atoms with E-state index in [0.29, 0.717) is 0 Å². The molecule has 1 saturated carbocycles. The molecule has 1 fully saturated rings. The van der Waals surface area contributed by atoms with Crippen molar-refractivity contribution >= 4 is 7.82 Å². The fourth-order valence-corrected chi connectivity index (χ4v) is 2.02. The number of rotatable bonds is 2.